The second-order valence-electron chi connectivity index (χ2n) is 6.21. The van der Waals surface area contributed by atoms with Gasteiger partial charge in [-0.2, -0.15) is 5.92 Å². The van der Waals surface area contributed by atoms with Crippen LogP contribution in [0.1, 0.15) is 5.56 Å². The second kappa shape index (κ2) is 13.4. The first kappa shape index (κ1) is 23.4. The summed E-state index contributed by atoms with van der Waals surface area (Å²) in [4.78, 5) is 0. The molecular formula is C28H21AuP+. The van der Waals surface area contributed by atoms with E-state index < -0.39 is 7.92 Å². The summed E-state index contributed by atoms with van der Waals surface area (Å²) in [7, 11) is -0.877. The molecule has 0 amide bonds. The van der Waals surface area contributed by atoms with Crippen LogP contribution in [-0.2, 0) is 22.4 Å². The SMILES string of the molecule is [Au+].[C-]#CC#Cc1ccccc1.c1ccc([PH+](c2ccccc2)c2ccccc2)cc1. The minimum atomic E-state index is -0.877. The molecule has 0 unspecified atom stereocenters. The molecule has 0 N–H and O–H groups in total. The first-order chi connectivity index (χ1) is 14.4. The fraction of sp³-hybridized carbons (Fsp3) is 0. The van der Waals surface area contributed by atoms with Crippen LogP contribution in [-0.4, -0.2) is 0 Å². The van der Waals surface area contributed by atoms with Crippen molar-refractivity contribution in [3.05, 3.63) is 133 Å². The molecule has 0 aliphatic carbocycles. The number of benzene rings is 4. The van der Waals surface area contributed by atoms with E-state index in [0.717, 1.165) is 5.56 Å². The Morgan fingerprint density at radius 2 is 0.833 bits per heavy atom. The van der Waals surface area contributed by atoms with E-state index in [1.165, 1.54) is 15.9 Å². The molecule has 0 nitrogen and oxygen atoms in total. The Bertz CT molecular complexity index is 997. The zero-order valence-corrected chi connectivity index (χ0v) is 19.5. The van der Waals surface area contributed by atoms with Crippen LogP contribution in [0, 0.1) is 24.2 Å². The Hall–Kier alpha value is -2.83. The van der Waals surface area contributed by atoms with E-state index in [2.05, 4.69) is 103 Å². The third-order valence-corrected chi connectivity index (χ3v) is 6.96. The van der Waals surface area contributed by atoms with Gasteiger partial charge in [0.25, 0.3) is 0 Å². The molecule has 4 aromatic carbocycles. The number of hydrogen-bond acceptors (Lipinski definition) is 0. The van der Waals surface area contributed by atoms with E-state index >= 15 is 0 Å². The maximum Gasteiger partial charge on any atom is 1.00 e. The van der Waals surface area contributed by atoms with Crippen LogP contribution in [0.25, 0.3) is 0 Å². The molecule has 0 aromatic heterocycles. The molecule has 0 fully saturated rings. The Morgan fingerprint density at radius 1 is 0.500 bits per heavy atom. The van der Waals surface area contributed by atoms with E-state index in [0.29, 0.717) is 0 Å². The van der Waals surface area contributed by atoms with E-state index in [1.54, 1.807) is 0 Å². The average molecular weight is 585 g/mol. The second-order valence-corrected chi connectivity index (χ2v) is 8.70. The van der Waals surface area contributed by atoms with Gasteiger partial charge in [0.1, 0.15) is 15.9 Å². The molecule has 0 aliphatic rings. The van der Waals surface area contributed by atoms with Crippen LogP contribution in [0.5, 0.6) is 0 Å². The Morgan fingerprint density at radius 3 is 1.17 bits per heavy atom. The van der Waals surface area contributed by atoms with Gasteiger partial charge in [-0.15, -0.1) is 0 Å². The van der Waals surface area contributed by atoms with Gasteiger partial charge in [0.05, 0.1) is 7.92 Å². The fourth-order valence-electron chi connectivity index (χ4n) is 2.94. The van der Waals surface area contributed by atoms with Gasteiger partial charge in [-0.1, -0.05) is 72.8 Å². The van der Waals surface area contributed by atoms with E-state index in [9.17, 15) is 0 Å². The monoisotopic (exact) mass is 585 g/mol. The molecule has 0 radical (unpaired) electrons. The van der Waals surface area contributed by atoms with Crippen molar-refractivity contribution >= 4 is 23.8 Å². The first-order valence-corrected chi connectivity index (χ1v) is 10.9. The molecule has 30 heavy (non-hydrogen) atoms. The van der Waals surface area contributed by atoms with Crippen molar-refractivity contribution in [3.63, 3.8) is 0 Å². The predicted octanol–water partition coefficient (Wildman–Crippen LogP) is 4.80. The molecule has 148 valence electrons. The summed E-state index contributed by atoms with van der Waals surface area (Å²) < 4.78 is 0. The standard InChI is InChI=1S/C18H15P.C10H5.Au/c1-4-10-16(11-5-1)19(17-12-6-2-7-13-17)18-14-8-3-9-15-18;1-2-3-7-10-8-5-4-6-9-10;/h1-15H;4-6,8-9H;/q;-1;+1/p+1. The largest absolute Gasteiger partial charge is 1.00 e. The molecule has 0 spiro atoms. The Labute approximate surface area is 196 Å². The summed E-state index contributed by atoms with van der Waals surface area (Å²) in [5.74, 6) is 7.18. The minimum absolute atomic E-state index is 0. The minimum Gasteiger partial charge on any atom is -0.358 e. The molecule has 0 saturated heterocycles. The van der Waals surface area contributed by atoms with Crippen molar-refractivity contribution < 1.29 is 22.4 Å². The van der Waals surface area contributed by atoms with Crippen LogP contribution < -0.4 is 15.9 Å². The maximum absolute atomic E-state index is 6.53. The summed E-state index contributed by atoms with van der Waals surface area (Å²) >= 11 is 0. The molecule has 0 heterocycles. The van der Waals surface area contributed by atoms with Crippen molar-refractivity contribution in [1.29, 1.82) is 0 Å². The van der Waals surface area contributed by atoms with Gasteiger partial charge in [-0.3, -0.25) is 5.92 Å². The van der Waals surface area contributed by atoms with Gasteiger partial charge in [0.2, 0.25) is 0 Å². The fourth-order valence-corrected chi connectivity index (χ4v) is 5.52. The summed E-state index contributed by atoms with van der Waals surface area (Å²) in [5, 5.41) is 4.31. The van der Waals surface area contributed by atoms with Crippen molar-refractivity contribution in [2.75, 3.05) is 0 Å². The molecule has 2 heteroatoms. The molecule has 0 bridgehead atoms. The summed E-state index contributed by atoms with van der Waals surface area (Å²) in [6.45, 7) is 0. The summed E-state index contributed by atoms with van der Waals surface area (Å²) in [6, 6.07) is 42.0. The summed E-state index contributed by atoms with van der Waals surface area (Å²) in [6.07, 6.45) is 6.53. The van der Waals surface area contributed by atoms with Gasteiger partial charge in [0, 0.05) is 5.56 Å². The predicted molar refractivity (Wildman–Crippen MR) is 127 cm³/mol. The van der Waals surface area contributed by atoms with Crippen molar-refractivity contribution in [2.45, 2.75) is 0 Å². The Kier molecular flexibility index (Phi) is 10.5. The maximum atomic E-state index is 6.53. The third kappa shape index (κ3) is 7.21. The third-order valence-electron chi connectivity index (χ3n) is 4.23. The van der Waals surface area contributed by atoms with Crippen LogP contribution in [0.3, 0.4) is 0 Å². The van der Waals surface area contributed by atoms with Gasteiger partial charge in [-0.05, 0) is 48.5 Å². The zero-order chi connectivity index (χ0) is 20.2. The van der Waals surface area contributed by atoms with Gasteiger partial charge in [-0.25, -0.2) is 5.92 Å². The van der Waals surface area contributed by atoms with Crippen LogP contribution in [0.15, 0.2) is 121 Å². The number of hydrogen-bond donors (Lipinski definition) is 0. The van der Waals surface area contributed by atoms with E-state index in [-0.39, 0.29) is 22.4 Å². The first-order valence-electron chi connectivity index (χ1n) is 9.39. The molecule has 0 atom stereocenters. The van der Waals surface area contributed by atoms with Crippen LogP contribution >= 0.6 is 7.92 Å². The van der Waals surface area contributed by atoms with Crippen molar-refractivity contribution in [2.24, 2.45) is 0 Å². The average Bonchev–Trinajstić information content (AvgIpc) is 2.81. The number of rotatable bonds is 3. The quantitative estimate of drug-likeness (QED) is 0.140. The van der Waals surface area contributed by atoms with E-state index in [1.807, 2.05) is 36.3 Å². The molecule has 0 aliphatic heterocycles. The van der Waals surface area contributed by atoms with E-state index in [4.69, 9.17) is 6.42 Å². The Balaban J connectivity index is 0.000000249. The van der Waals surface area contributed by atoms with Gasteiger partial charge >= 0.3 is 22.4 Å². The molecule has 0 saturated carbocycles. The molecule has 4 rings (SSSR count). The van der Waals surface area contributed by atoms with Gasteiger partial charge < -0.3 is 6.42 Å². The van der Waals surface area contributed by atoms with Crippen molar-refractivity contribution in [3.8, 4) is 17.8 Å². The van der Waals surface area contributed by atoms with Crippen molar-refractivity contribution in [1.82, 2.24) is 0 Å². The summed E-state index contributed by atoms with van der Waals surface area (Å²) in [5.41, 5.74) is 0.919. The normalized spacial score (nSPS) is 9.07. The van der Waals surface area contributed by atoms with Gasteiger partial charge in [0.15, 0.2) is 0 Å². The van der Waals surface area contributed by atoms with Crippen LogP contribution in [0.2, 0.25) is 0 Å². The zero-order valence-electron chi connectivity index (χ0n) is 16.3. The smallest absolute Gasteiger partial charge is 0.358 e. The van der Waals surface area contributed by atoms with Crippen LogP contribution in [0.4, 0.5) is 0 Å². The molecular weight excluding hydrogens is 564 g/mol. The molecule has 4 aromatic rings. The topological polar surface area (TPSA) is 0 Å².